The topological polar surface area (TPSA) is 49.8 Å². The maximum atomic E-state index is 8.41. The van der Waals surface area contributed by atoms with Gasteiger partial charge in [0.1, 0.15) is 10.9 Å². The molecule has 0 saturated carbocycles. The van der Waals surface area contributed by atoms with Crippen molar-refractivity contribution in [3.63, 3.8) is 0 Å². The molecule has 0 fully saturated rings. The fourth-order valence-electron chi connectivity index (χ4n) is 0.540. The largest absolute Gasteiger partial charge is 0.397 e. The average Bonchev–Trinajstić information content (AvgIpc) is 2.15. The molecule has 0 spiro atoms. The van der Waals surface area contributed by atoms with Crippen molar-refractivity contribution in [3.05, 3.63) is 15.8 Å². The Hall–Kier alpha value is -0.720. The van der Waals surface area contributed by atoms with Gasteiger partial charge in [0.25, 0.3) is 0 Å². The van der Waals surface area contributed by atoms with Crippen LogP contribution in [0.4, 0.5) is 5.69 Å². The Morgan fingerprint density at radius 1 is 1.70 bits per heavy atom. The molecule has 0 unspecified atom stereocenters. The zero-order valence-electron chi connectivity index (χ0n) is 5.42. The molecule has 4 heteroatoms. The molecule has 2 nitrogen and oxygen atoms in total. The van der Waals surface area contributed by atoms with Gasteiger partial charge in [-0.25, -0.2) is 0 Å². The minimum Gasteiger partial charge on any atom is -0.397 e. The third-order valence-corrected chi connectivity index (χ3v) is 2.14. The number of thiophene rings is 1. The van der Waals surface area contributed by atoms with Crippen LogP contribution in [0.2, 0.25) is 0 Å². The lowest BCUT2D eigenvalue weighted by atomic mass is 10.3. The Bertz CT molecular complexity index is 261. The molecule has 0 aliphatic rings. The van der Waals surface area contributed by atoms with Gasteiger partial charge in [-0.05, 0) is 17.9 Å². The smallest absolute Gasteiger partial charge is 0.128 e. The zero-order chi connectivity index (χ0) is 6.85. The third-order valence-electron chi connectivity index (χ3n) is 1.12. The first-order valence-electron chi connectivity index (χ1n) is 2.49. The van der Waals surface area contributed by atoms with E-state index in [2.05, 4.69) is 0 Å². The van der Waals surface area contributed by atoms with Crippen LogP contribution in [-0.2, 0) is 0 Å². The standard InChI is InChI=1S/C6H6N2S.ClH/c1-4-3-9-5(2-7)6(4)8;/h3H,8H2,1H3;1H. The van der Waals surface area contributed by atoms with Gasteiger partial charge in [0.05, 0.1) is 5.69 Å². The van der Waals surface area contributed by atoms with Gasteiger partial charge in [0.15, 0.2) is 0 Å². The van der Waals surface area contributed by atoms with Gasteiger partial charge in [-0.2, -0.15) is 5.26 Å². The molecule has 1 aromatic rings. The molecule has 1 heterocycles. The van der Waals surface area contributed by atoms with Crippen molar-refractivity contribution >= 4 is 29.4 Å². The molecule has 2 N–H and O–H groups in total. The summed E-state index contributed by atoms with van der Waals surface area (Å²) in [7, 11) is 0. The quantitative estimate of drug-likeness (QED) is 0.654. The summed E-state index contributed by atoms with van der Waals surface area (Å²) in [4.78, 5) is 0.618. The second-order valence-corrected chi connectivity index (χ2v) is 2.65. The number of nitriles is 1. The SMILES string of the molecule is Cc1csc(C#N)c1N.Cl. The molecule has 10 heavy (non-hydrogen) atoms. The first kappa shape index (κ1) is 9.28. The van der Waals surface area contributed by atoms with Crippen LogP contribution in [0, 0.1) is 18.3 Å². The van der Waals surface area contributed by atoms with E-state index in [9.17, 15) is 0 Å². The van der Waals surface area contributed by atoms with E-state index >= 15 is 0 Å². The highest BCUT2D eigenvalue weighted by Crippen LogP contribution is 2.22. The number of rotatable bonds is 0. The van der Waals surface area contributed by atoms with E-state index < -0.39 is 0 Å². The van der Waals surface area contributed by atoms with E-state index in [0.29, 0.717) is 10.6 Å². The Kier molecular flexibility index (Phi) is 3.20. The van der Waals surface area contributed by atoms with Gasteiger partial charge in [0.2, 0.25) is 0 Å². The van der Waals surface area contributed by atoms with Gasteiger partial charge in [-0.15, -0.1) is 23.7 Å². The number of nitrogen functional groups attached to an aromatic ring is 1. The molecule has 0 aromatic carbocycles. The lowest BCUT2D eigenvalue weighted by Crippen LogP contribution is -1.85. The van der Waals surface area contributed by atoms with Crippen LogP contribution in [0.5, 0.6) is 0 Å². The number of anilines is 1. The number of hydrogen-bond donors (Lipinski definition) is 1. The molecule has 0 atom stereocenters. The van der Waals surface area contributed by atoms with Gasteiger partial charge in [-0.1, -0.05) is 0 Å². The summed E-state index contributed by atoms with van der Waals surface area (Å²) in [5.41, 5.74) is 7.13. The fraction of sp³-hybridized carbons (Fsp3) is 0.167. The monoisotopic (exact) mass is 174 g/mol. The Balaban J connectivity index is 0.000000810. The minimum absolute atomic E-state index is 0. The molecule has 0 aliphatic carbocycles. The van der Waals surface area contributed by atoms with Crippen LogP contribution in [0.15, 0.2) is 5.38 Å². The molecule has 0 aliphatic heterocycles. The van der Waals surface area contributed by atoms with Crippen molar-refractivity contribution in [1.29, 1.82) is 5.26 Å². The minimum atomic E-state index is 0. The van der Waals surface area contributed by atoms with Gasteiger partial charge in [0, 0.05) is 0 Å². The van der Waals surface area contributed by atoms with Crippen molar-refractivity contribution in [2.75, 3.05) is 5.73 Å². The first-order valence-corrected chi connectivity index (χ1v) is 3.37. The molecular weight excluding hydrogens is 168 g/mol. The van der Waals surface area contributed by atoms with Gasteiger partial charge in [-0.3, -0.25) is 0 Å². The lowest BCUT2D eigenvalue weighted by Gasteiger charge is -1.85. The fourth-order valence-corrected chi connectivity index (χ4v) is 1.30. The summed E-state index contributed by atoms with van der Waals surface area (Å²) < 4.78 is 0. The predicted octanol–water partition coefficient (Wildman–Crippen LogP) is 1.93. The van der Waals surface area contributed by atoms with Crippen LogP contribution in [0.25, 0.3) is 0 Å². The summed E-state index contributed by atoms with van der Waals surface area (Å²) in [5.74, 6) is 0. The van der Waals surface area contributed by atoms with Gasteiger partial charge >= 0.3 is 0 Å². The van der Waals surface area contributed by atoms with Crippen molar-refractivity contribution in [2.45, 2.75) is 6.92 Å². The average molecular weight is 175 g/mol. The Morgan fingerprint density at radius 2 is 2.30 bits per heavy atom. The molecule has 1 aromatic heterocycles. The molecule has 0 radical (unpaired) electrons. The van der Waals surface area contributed by atoms with Crippen LogP contribution < -0.4 is 5.73 Å². The second kappa shape index (κ2) is 3.45. The molecule has 54 valence electrons. The highest BCUT2D eigenvalue weighted by molar-refractivity contribution is 7.11. The molecule has 0 amide bonds. The molecule has 0 bridgehead atoms. The molecular formula is C6H7ClN2S. The maximum absolute atomic E-state index is 8.41. The number of nitrogens with two attached hydrogens (primary N) is 1. The van der Waals surface area contributed by atoms with Crippen LogP contribution in [0.3, 0.4) is 0 Å². The first-order chi connectivity index (χ1) is 4.25. The van der Waals surface area contributed by atoms with Crippen molar-refractivity contribution < 1.29 is 0 Å². The second-order valence-electron chi connectivity index (χ2n) is 1.77. The summed E-state index contributed by atoms with van der Waals surface area (Å²) >= 11 is 1.39. The van der Waals surface area contributed by atoms with E-state index in [1.54, 1.807) is 0 Å². The van der Waals surface area contributed by atoms with Crippen LogP contribution in [-0.4, -0.2) is 0 Å². The molecule has 1 rings (SSSR count). The van der Waals surface area contributed by atoms with E-state index in [4.69, 9.17) is 11.0 Å². The number of hydrogen-bond acceptors (Lipinski definition) is 3. The number of nitrogens with zero attached hydrogens (tertiary/aromatic N) is 1. The number of halogens is 1. The zero-order valence-corrected chi connectivity index (χ0v) is 7.05. The van der Waals surface area contributed by atoms with Crippen LogP contribution >= 0.6 is 23.7 Å². The van der Waals surface area contributed by atoms with E-state index in [1.807, 2.05) is 18.4 Å². The summed E-state index contributed by atoms with van der Waals surface area (Å²) in [6.45, 7) is 1.90. The van der Waals surface area contributed by atoms with Crippen LogP contribution in [0.1, 0.15) is 10.4 Å². The summed E-state index contributed by atoms with van der Waals surface area (Å²) in [6, 6.07) is 2.01. The summed E-state index contributed by atoms with van der Waals surface area (Å²) in [6.07, 6.45) is 0. The Labute approximate surface area is 69.7 Å². The Morgan fingerprint density at radius 3 is 2.50 bits per heavy atom. The maximum Gasteiger partial charge on any atom is 0.128 e. The van der Waals surface area contributed by atoms with E-state index in [0.717, 1.165) is 5.56 Å². The lowest BCUT2D eigenvalue weighted by molar-refractivity contribution is 1.50. The molecule has 0 saturated heterocycles. The van der Waals surface area contributed by atoms with E-state index in [1.165, 1.54) is 11.3 Å². The number of aryl methyl sites for hydroxylation is 1. The van der Waals surface area contributed by atoms with Crippen molar-refractivity contribution in [2.24, 2.45) is 0 Å². The van der Waals surface area contributed by atoms with Gasteiger partial charge < -0.3 is 5.73 Å². The highest BCUT2D eigenvalue weighted by Gasteiger charge is 2.01. The normalized spacial score (nSPS) is 8.00. The van der Waals surface area contributed by atoms with E-state index in [-0.39, 0.29) is 12.4 Å². The van der Waals surface area contributed by atoms with Crippen molar-refractivity contribution in [3.8, 4) is 6.07 Å². The van der Waals surface area contributed by atoms with Crippen molar-refractivity contribution in [1.82, 2.24) is 0 Å². The third kappa shape index (κ3) is 1.41. The highest BCUT2D eigenvalue weighted by atomic mass is 35.5. The summed E-state index contributed by atoms with van der Waals surface area (Å²) in [5, 5.41) is 10.3. The predicted molar refractivity (Wildman–Crippen MR) is 45.4 cm³/mol.